The zero-order valence-corrected chi connectivity index (χ0v) is 13.6. The van der Waals surface area contributed by atoms with Gasteiger partial charge in [-0.05, 0) is 37.6 Å². The van der Waals surface area contributed by atoms with Gasteiger partial charge in [-0.25, -0.2) is 0 Å². The van der Waals surface area contributed by atoms with Crippen molar-refractivity contribution in [3.63, 3.8) is 0 Å². The lowest BCUT2D eigenvalue weighted by Crippen LogP contribution is -2.61. The van der Waals surface area contributed by atoms with Crippen LogP contribution in [0.15, 0.2) is 18.2 Å². The Kier molecular flexibility index (Phi) is 3.87. The Bertz CT molecular complexity index is 599. The van der Waals surface area contributed by atoms with Crippen LogP contribution in [0.4, 0.5) is 17.1 Å². The zero-order chi connectivity index (χ0) is 15.8. The second-order valence-electron chi connectivity index (χ2n) is 6.70. The number of carbonyl (C=O) groups is 1. The number of anilines is 3. The molecule has 6 heteroatoms. The van der Waals surface area contributed by atoms with E-state index in [1.807, 2.05) is 11.9 Å². The summed E-state index contributed by atoms with van der Waals surface area (Å²) in [5, 5.41) is 10.4. The number of piperazine rings is 1. The molecule has 4 rings (SSSR count). The molecule has 3 heterocycles. The number of hydrogen-bond donors (Lipinski definition) is 3. The van der Waals surface area contributed by atoms with Crippen LogP contribution < -0.4 is 25.8 Å². The first-order valence-electron chi connectivity index (χ1n) is 8.60. The van der Waals surface area contributed by atoms with E-state index in [9.17, 15) is 4.79 Å². The molecule has 1 aromatic carbocycles. The lowest BCUT2D eigenvalue weighted by molar-refractivity contribution is -0.120. The Morgan fingerprint density at radius 1 is 1.17 bits per heavy atom. The molecule has 0 radical (unpaired) electrons. The van der Waals surface area contributed by atoms with Gasteiger partial charge in [-0.3, -0.25) is 4.79 Å². The van der Waals surface area contributed by atoms with Gasteiger partial charge in [0.1, 0.15) is 6.04 Å². The molecule has 6 nitrogen and oxygen atoms in total. The van der Waals surface area contributed by atoms with Crippen molar-refractivity contribution < 1.29 is 4.79 Å². The van der Waals surface area contributed by atoms with Crippen LogP contribution in [0.3, 0.4) is 0 Å². The molecule has 0 spiro atoms. The number of rotatable bonds is 2. The molecule has 1 amide bonds. The number of fused-ring (bicyclic) bond motifs is 3. The van der Waals surface area contributed by atoms with Crippen LogP contribution in [0.25, 0.3) is 0 Å². The molecular weight excluding hydrogens is 290 g/mol. The third-order valence-corrected chi connectivity index (χ3v) is 5.17. The number of amides is 1. The smallest absolute Gasteiger partial charge is 0.250 e. The molecule has 0 aliphatic carbocycles. The molecule has 2 unspecified atom stereocenters. The van der Waals surface area contributed by atoms with E-state index in [0.29, 0.717) is 6.04 Å². The largest absolute Gasteiger partial charge is 0.381 e. The molecular formula is C17H25N5O. The lowest BCUT2D eigenvalue weighted by atomic mass is 10.0. The molecule has 2 fully saturated rings. The minimum atomic E-state index is -0.0670. The molecule has 1 aromatic rings. The second kappa shape index (κ2) is 6.02. The first kappa shape index (κ1) is 14.8. The van der Waals surface area contributed by atoms with E-state index < -0.39 is 0 Å². The monoisotopic (exact) mass is 315 g/mol. The summed E-state index contributed by atoms with van der Waals surface area (Å²) >= 11 is 0. The fourth-order valence-corrected chi connectivity index (χ4v) is 3.89. The summed E-state index contributed by atoms with van der Waals surface area (Å²) in [6, 6.07) is 6.84. The van der Waals surface area contributed by atoms with E-state index in [-0.39, 0.29) is 11.9 Å². The normalized spacial score (nSPS) is 27.4. The van der Waals surface area contributed by atoms with Crippen molar-refractivity contribution in [1.82, 2.24) is 10.6 Å². The number of nitrogens with zero attached hydrogens (tertiary/aromatic N) is 2. The van der Waals surface area contributed by atoms with Crippen LogP contribution in [0.1, 0.15) is 12.8 Å². The number of hydrogen-bond acceptors (Lipinski definition) is 5. The summed E-state index contributed by atoms with van der Waals surface area (Å²) in [7, 11) is 1.89. The molecule has 0 bridgehead atoms. The summed E-state index contributed by atoms with van der Waals surface area (Å²) in [5.41, 5.74) is 3.29. The van der Waals surface area contributed by atoms with Gasteiger partial charge in [0.05, 0.1) is 11.4 Å². The highest BCUT2D eigenvalue weighted by molar-refractivity contribution is 6.06. The molecule has 3 aliphatic heterocycles. The highest BCUT2D eigenvalue weighted by Crippen LogP contribution is 2.38. The van der Waals surface area contributed by atoms with Crippen LogP contribution in [-0.4, -0.2) is 57.8 Å². The summed E-state index contributed by atoms with van der Waals surface area (Å²) in [5.74, 6) is 0.182. The molecule has 3 aliphatic rings. The van der Waals surface area contributed by atoms with E-state index in [4.69, 9.17) is 0 Å². The SMILES string of the molecule is CN1C(=O)C2CNCCN2c2ccc(NC3CCCNC3)cc21. The predicted octanol–water partition coefficient (Wildman–Crippen LogP) is 0.605. The van der Waals surface area contributed by atoms with E-state index in [1.54, 1.807) is 0 Å². The van der Waals surface area contributed by atoms with Gasteiger partial charge in [0.15, 0.2) is 0 Å². The fourth-order valence-electron chi connectivity index (χ4n) is 3.89. The summed E-state index contributed by atoms with van der Waals surface area (Å²) < 4.78 is 0. The Morgan fingerprint density at radius 2 is 2.04 bits per heavy atom. The third-order valence-electron chi connectivity index (χ3n) is 5.17. The average Bonchev–Trinajstić information content (AvgIpc) is 2.60. The number of benzene rings is 1. The van der Waals surface area contributed by atoms with Crippen molar-refractivity contribution in [3.8, 4) is 0 Å². The van der Waals surface area contributed by atoms with Crippen molar-refractivity contribution in [2.75, 3.05) is 54.9 Å². The van der Waals surface area contributed by atoms with Crippen LogP contribution >= 0.6 is 0 Å². The van der Waals surface area contributed by atoms with Crippen LogP contribution in [0, 0.1) is 0 Å². The maximum Gasteiger partial charge on any atom is 0.250 e. The van der Waals surface area contributed by atoms with E-state index in [1.165, 1.54) is 18.5 Å². The second-order valence-corrected chi connectivity index (χ2v) is 6.70. The van der Waals surface area contributed by atoms with Crippen LogP contribution in [-0.2, 0) is 4.79 Å². The first-order chi connectivity index (χ1) is 11.2. The Morgan fingerprint density at radius 3 is 2.87 bits per heavy atom. The van der Waals surface area contributed by atoms with Gasteiger partial charge in [0, 0.05) is 45.0 Å². The molecule has 2 saturated heterocycles. The van der Waals surface area contributed by atoms with Crippen LogP contribution in [0.5, 0.6) is 0 Å². The molecule has 23 heavy (non-hydrogen) atoms. The Hall–Kier alpha value is -1.79. The zero-order valence-electron chi connectivity index (χ0n) is 13.6. The highest BCUT2D eigenvalue weighted by Gasteiger charge is 2.37. The van der Waals surface area contributed by atoms with Gasteiger partial charge in [0.2, 0.25) is 0 Å². The Labute approximate surface area is 137 Å². The van der Waals surface area contributed by atoms with Crippen molar-refractivity contribution in [1.29, 1.82) is 0 Å². The molecule has 0 aromatic heterocycles. The molecule has 0 saturated carbocycles. The van der Waals surface area contributed by atoms with Gasteiger partial charge < -0.3 is 25.8 Å². The number of likely N-dealkylation sites (N-methyl/N-ethyl adjacent to an activating group) is 1. The van der Waals surface area contributed by atoms with Gasteiger partial charge >= 0.3 is 0 Å². The fraction of sp³-hybridized carbons (Fsp3) is 0.588. The maximum absolute atomic E-state index is 12.6. The number of carbonyl (C=O) groups excluding carboxylic acids is 1. The summed E-state index contributed by atoms with van der Waals surface area (Å²) in [6.45, 7) is 4.67. The summed E-state index contributed by atoms with van der Waals surface area (Å²) in [4.78, 5) is 16.7. The van der Waals surface area contributed by atoms with E-state index in [2.05, 4.69) is 39.0 Å². The van der Waals surface area contributed by atoms with Crippen LogP contribution in [0.2, 0.25) is 0 Å². The predicted molar refractivity (Wildman–Crippen MR) is 93.4 cm³/mol. The van der Waals surface area contributed by atoms with Gasteiger partial charge in [-0.15, -0.1) is 0 Å². The minimum Gasteiger partial charge on any atom is -0.381 e. The molecule has 2 atom stereocenters. The quantitative estimate of drug-likeness (QED) is 0.746. The van der Waals surface area contributed by atoms with Crippen molar-refractivity contribution in [2.45, 2.75) is 24.9 Å². The van der Waals surface area contributed by atoms with Gasteiger partial charge in [0.25, 0.3) is 5.91 Å². The number of piperidine rings is 1. The molecule has 124 valence electrons. The van der Waals surface area contributed by atoms with E-state index in [0.717, 1.165) is 44.1 Å². The first-order valence-corrected chi connectivity index (χ1v) is 8.60. The van der Waals surface area contributed by atoms with Gasteiger partial charge in [-0.1, -0.05) is 0 Å². The van der Waals surface area contributed by atoms with Crippen molar-refractivity contribution in [2.24, 2.45) is 0 Å². The maximum atomic E-state index is 12.6. The lowest BCUT2D eigenvalue weighted by Gasteiger charge is -2.44. The molecule has 3 N–H and O–H groups in total. The third kappa shape index (κ3) is 2.66. The average molecular weight is 315 g/mol. The van der Waals surface area contributed by atoms with Gasteiger partial charge in [-0.2, -0.15) is 0 Å². The highest BCUT2D eigenvalue weighted by atomic mass is 16.2. The Balaban J connectivity index is 1.61. The standard InChI is InChI=1S/C17H25N5O/c1-21-15-9-12(20-13-3-2-6-18-10-13)4-5-14(15)22-8-7-19-11-16(22)17(21)23/h4-5,9,13,16,18-20H,2-3,6-8,10-11H2,1H3. The topological polar surface area (TPSA) is 59.6 Å². The summed E-state index contributed by atoms with van der Waals surface area (Å²) in [6.07, 6.45) is 2.40. The van der Waals surface area contributed by atoms with E-state index >= 15 is 0 Å². The number of nitrogens with one attached hydrogen (secondary N) is 3. The van der Waals surface area contributed by atoms with Crippen molar-refractivity contribution in [3.05, 3.63) is 18.2 Å². The minimum absolute atomic E-state index is 0.0670. The van der Waals surface area contributed by atoms with Crippen molar-refractivity contribution >= 4 is 23.0 Å².